The van der Waals surface area contributed by atoms with Crippen molar-refractivity contribution in [2.75, 3.05) is 18.5 Å². The smallest absolute Gasteiger partial charge is 0.329 e. The summed E-state index contributed by atoms with van der Waals surface area (Å²) in [5.41, 5.74) is -0.259. The van der Waals surface area contributed by atoms with Crippen molar-refractivity contribution in [3.8, 4) is 5.75 Å². The summed E-state index contributed by atoms with van der Waals surface area (Å²) in [4.78, 5) is 38.5. The molecule has 40 heavy (non-hydrogen) atoms. The van der Waals surface area contributed by atoms with Crippen LogP contribution in [0.1, 0.15) is 70.3 Å². The summed E-state index contributed by atoms with van der Waals surface area (Å²) >= 11 is 0. The minimum atomic E-state index is -3.87. The summed E-state index contributed by atoms with van der Waals surface area (Å²) in [6.07, 6.45) is -0.174. The number of ether oxygens (including phenoxy) is 3. The molecule has 2 rings (SSSR count). The highest BCUT2D eigenvalue weighted by Gasteiger charge is 2.30. The van der Waals surface area contributed by atoms with E-state index < -0.39 is 45.1 Å². The van der Waals surface area contributed by atoms with Gasteiger partial charge in [0.1, 0.15) is 23.0 Å². The monoisotopic (exact) mass is 576 g/mol. The lowest BCUT2D eigenvalue weighted by atomic mass is 10.1. The van der Waals surface area contributed by atoms with Crippen LogP contribution in [0.3, 0.4) is 0 Å². The molecule has 0 aliphatic heterocycles. The average Bonchev–Trinajstić information content (AvgIpc) is 2.83. The fourth-order valence-corrected chi connectivity index (χ4v) is 4.77. The minimum absolute atomic E-state index is 0.0481. The molecule has 0 aliphatic rings. The highest BCUT2D eigenvalue weighted by molar-refractivity contribution is 7.92. The van der Waals surface area contributed by atoms with Crippen LogP contribution in [0.2, 0.25) is 0 Å². The maximum absolute atomic E-state index is 13.3. The zero-order valence-corrected chi connectivity index (χ0v) is 25.5. The molecular weight excluding hydrogens is 536 g/mol. The Balaban J connectivity index is 2.30. The molecule has 11 heteroatoms. The molecule has 0 unspecified atom stereocenters. The fourth-order valence-electron chi connectivity index (χ4n) is 3.58. The van der Waals surface area contributed by atoms with E-state index in [-0.39, 0.29) is 34.7 Å². The molecule has 1 atom stereocenters. The predicted molar refractivity (Wildman–Crippen MR) is 152 cm³/mol. The molecule has 0 spiro atoms. The van der Waals surface area contributed by atoms with Gasteiger partial charge in [0.05, 0.1) is 23.3 Å². The van der Waals surface area contributed by atoms with Gasteiger partial charge in [0.15, 0.2) is 0 Å². The van der Waals surface area contributed by atoms with E-state index in [1.165, 1.54) is 44.5 Å². The Hall–Kier alpha value is -3.60. The van der Waals surface area contributed by atoms with Crippen molar-refractivity contribution in [2.24, 2.45) is 0 Å². The first kappa shape index (κ1) is 32.6. The highest BCUT2D eigenvalue weighted by atomic mass is 32.2. The van der Waals surface area contributed by atoms with Crippen LogP contribution >= 0.6 is 0 Å². The van der Waals surface area contributed by atoms with Gasteiger partial charge >= 0.3 is 11.9 Å². The molecule has 2 aromatic carbocycles. The number of benzene rings is 2. The number of aryl methyl sites for hydroxylation is 1. The molecular formula is C29H40N2O8S. The van der Waals surface area contributed by atoms with Crippen LogP contribution in [-0.4, -0.2) is 57.7 Å². The van der Waals surface area contributed by atoms with E-state index in [1.54, 1.807) is 53.7 Å². The summed E-state index contributed by atoms with van der Waals surface area (Å²) in [6, 6.07) is 9.61. The predicted octanol–water partition coefficient (Wildman–Crippen LogP) is 4.39. The molecule has 1 N–H and O–H groups in total. The van der Waals surface area contributed by atoms with Crippen LogP contribution in [0.15, 0.2) is 47.4 Å². The maximum atomic E-state index is 13.3. The lowest BCUT2D eigenvalue weighted by molar-refractivity contribution is -0.158. The molecule has 220 valence electrons. The number of sulfonamides is 1. The Morgan fingerprint density at radius 1 is 0.925 bits per heavy atom. The Morgan fingerprint density at radius 3 is 2.02 bits per heavy atom. The Bertz CT molecular complexity index is 1320. The van der Waals surface area contributed by atoms with Crippen LogP contribution in [-0.2, 0) is 29.1 Å². The number of nitrogens with one attached hydrogen (secondary N) is 1. The van der Waals surface area contributed by atoms with Gasteiger partial charge in [0.2, 0.25) is 0 Å². The van der Waals surface area contributed by atoms with Gasteiger partial charge in [-0.2, -0.15) is 0 Å². The van der Waals surface area contributed by atoms with E-state index in [4.69, 9.17) is 14.2 Å². The maximum Gasteiger partial charge on any atom is 0.329 e. The number of carbonyl (C=O) groups excluding carboxylic acids is 3. The molecule has 0 aromatic heterocycles. The summed E-state index contributed by atoms with van der Waals surface area (Å²) in [6.45, 7) is 12.1. The quantitative estimate of drug-likeness (QED) is 0.413. The second kappa shape index (κ2) is 12.7. The van der Waals surface area contributed by atoms with Crippen molar-refractivity contribution in [1.82, 2.24) is 5.32 Å². The molecule has 0 saturated heterocycles. The fraction of sp³-hybridized carbons (Fsp3) is 0.483. The standard InChI is InChI=1S/C29H40N2O8S/c1-19-10-13-21(14-11-19)40(35,36)31(8)20-12-15-22(24(18-20)37-9)26(33)30-23(27(34)39-29(5,6)7)16-17-25(32)38-28(2,3)4/h10-15,18,23H,16-17H2,1-9H3,(H,30,33)/t23-/m0/s1. The average molecular weight is 577 g/mol. The van der Waals surface area contributed by atoms with E-state index in [2.05, 4.69) is 5.32 Å². The Kier molecular flexibility index (Phi) is 10.4. The number of anilines is 1. The molecule has 0 fully saturated rings. The molecule has 0 aliphatic carbocycles. The van der Waals surface area contributed by atoms with Gasteiger partial charge in [-0.1, -0.05) is 17.7 Å². The third kappa shape index (κ3) is 9.25. The van der Waals surface area contributed by atoms with Crippen molar-refractivity contribution in [3.05, 3.63) is 53.6 Å². The van der Waals surface area contributed by atoms with Crippen LogP contribution in [0.4, 0.5) is 5.69 Å². The molecule has 2 aromatic rings. The van der Waals surface area contributed by atoms with Crippen molar-refractivity contribution in [2.45, 2.75) is 83.4 Å². The summed E-state index contributed by atoms with van der Waals surface area (Å²) in [5, 5.41) is 2.63. The number of hydrogen-bond acceptors (Lipinski definition) is 8. The zero-order chi connectivity index (χ0) is 30.5. The Morgan fingerprint density at radius 2 is 1.50 bits per heavy atom. The van der Waals surface area contributed by atoms with Crippen molar-refractivity contribution < 1.29 is 37.0 Å². The van der Waals surface area contributed by atoms with E-state index in [0.717, 1.165) is 9.87 Å². The summed E-state index contributed by atoms with van der Waals surface area (Å²) < 4.78 is 43.5. The topological polar surface area (TPSA) is 128 Å². The molecule has 10 nitrogen and oxygen atoms in total. The van der Waals surface area contributed by atoms with Gasteiger partial charge in [-0.05, 0) is 79.2 Å². The summed E-state index contributed by atoms with van der Waals surface area (Å²) in [7, 11) is -1.12. The molecule has 0 heterocycles. The first-order valence-electron chi connectivity index (χ1n) is 12.8. The van der Waals surface area contributed by atoms with E-state index in [1.807, 2.05) is 6.92 Å². The molecule has 0 radical (unpaired) electrons. The SMILES string of the molecule is COc1cc(N(C)S(=O)(=O)c2ccc(C)cc2)ccc1C(=O)N[C@@H](CCC(=O)OC(C)(C)C)C(=O)OC(C)(C)C. The van der Waals surface area contributed by atoms with Crippen LogP contribution in [0.25, 0.3) is 0 Å². The van der Waals surface area contributed by atoms with Crippen molar-refractivity contribution in [1.29, 1.82) is 0 Å². The van der Waals surface area contributed by atoms with Gasteiger partial charge in [0.25, 0.3) is 15.9 Å². The van der Waals surface area contributed by atoms with Crippen molar-refractivity contribution >= 4 is 33.6 Å². The number of nitrogens with zero attached hydrogens (tertiary/aromatic N) is 1. The third-order valence-corrected chi connectivity index (χ3v) is 7.33. The molecule has 1 amide bonds. The van der Waals surface area contributed by atoms with E-state index >= 15 is 0 Å². The molecule has 0 bridgehead atoms. The zero-order valence-electron chi connectivity index (χ0n) is 24.7. The van der Waals surface area contributed by atoms with E-state index in [9.17, 15) is 22.8 Å². The van der Waals surface area contributed by atoms with Gasteiger partial charge < -0.3 is 19.5 Å². The summed E-state index contributed by atoms with van der Waals surface area (Å²) in [5.74, 6) is -1.79. The number of carbonyl (C=O) groups is 3. The number of esters is 2. The van der Waals surface area contributed by atoms with Crippen molar-refractivity contribution in [3.63, 3.8) is 0 Å². The molecule has 0 saturated carbocycles. The van der Waals surface area contributed by atoms with Crippen LogP contribution in [0.5, 0.6) is 5.75 Å². The number of hydrogen-bond donors (Lipinski definition) is 1. The Labute approximate surface area is 237 Å². The number of amides is 1. The second-order valence-corrected chi connectivity index (χ2v) is 13.3. The highest BCUT2D eigenvalue weighted by Crippen LogP contribution is 2.29. The van der Waals surface area contributed by atoms with E-state index in [0.29, 0.717) is 0 Å². The lowest BCUT2D eigenvalue weighted by Gasteiger charge is -2.25. The normalized spacial score (nSPS) is 12.7. The third-order valence-electron chi connectivity index (χ3n) is 5.53. The van der Waals surface area contributed by atoms with Gasteiger partial charge in [-0.15, -0.1) is 0 Å². The first-order valence-corrected chi connectivity index (χ1v) is 14.3. The lowest BCUT2D eigenvalue weighted by Crippen LogP contribution is -2.44. The van der Waals surface area contributed by atoms with Crippen LogP contribution < -0.4 is 14.4 Å². The number of rotatable bonds is 10. The van der Waals surface area contributed by atoms with Gasteiger partial charge in [-0.25, -0.2) is 13.2 Å². The van der Waals surface area contributed by atoms with Gasteiger partial charge in [-0.3, -0.25) is 13.9 Å². The minimum Gasteiger partial charge on any atom is -0.496 e. The van der Waals surface area contributed by atoms with Crippen LogP contribution in [0, 0.1) is 6.92 Å². The van der Waals surface area contributed by atoms with Gasteiger partial charge in [0, 0.05) is 19.5 Å². The number of methoxy groups -OCH3 is 1. The second-order valence-electron chi connectivity index (χ2n) is 11.4. The largest absolute Gasteiger partial charge is 0.496 e. The first-order chi connectivity index (χ1) is 18.3.